The van der Waals surface area contributed by atoms with Crippen molar-refractivity contribution in [2.24, 2.45) is 11.5 Å². The third-order valence-corrected chi connectivity index (χ3v) is 2.63. The molecule has 0 heterocycles. The van der Waals surface area contributed by atoms with Gasteiger partial charge >= 0.3 is 11.9 Å². The Bertz CT molecular complexity index is 564. The lowest BCUT2D eigenvalue weighted by Gasteiger charge is -2.17. The highest BCUT2D eigenvalue weighted by Gasteiger charge is 2.24. The van der Waals surface area contributed by atoms with E-state index < -0.39 is 73.6 Å². The van der Waals surface area contributed by atoms with Crippen molar-refractivity contribution in [1.29, 1.82) is 0 Å². The lowest BCUT2D eigenvalue weighted by molar-refractivity contribution is -0.139. The Kier molecular flexibility index (Phi) is 9.18. The zero-order chi connectivity index (χ0) is 19.6. The van der Waals surface area contributed by atoms with Crippen LogP contribution in [-0.2, 0) is 28.8 Å². The molecule has 0 aromatic rings. The Morgan fingerprint density at radius 2 is 1.40 bits per heavy atom. The Morgan fingerprint density at radius 3 is 1.88 bits per heavy atom. The molecule has 9 N–H and O–H groups in total. The van der Waals surface area contributed by atoms with E-state index in [1.165, 1.54) is 0 Å². The summed E-state index contributed by atoms with van der Waals surface area (Å²) in [6.07, 6.45) is -1.24. The van der Waals surface area contributed by atoms with Gasteiger partial charge in [0.25, 0.3) is 0 Å². The minimum atomic E-state index is -1.44. The van der Waals surface area contributed by atoms with Gasteiger partial charge in [0.15, 0.2) is 0 Å². The molecule has 0 aromatic carbocycles. The highest BCUT2D eigenvalue weighted by molar-refractivity contribution is 5.94. The maximum absolute atomic E-state index is 11.7. The maximum atomic E-state index is 11.7. The second kappa shape index (κ2) is 10.5. The first kappa shape index (κ1) is 21.8. The standard InChI is InChI=1S/C12H19N5O8/c13-5(1-9(20)21)11(24)15-3-8(19)17-6(2-7(14)18)12(25)16-4-10(22)23/h5-6H,1-4,13H2,(H2,14,18)(H,15,24)(H,16,25)(H,17,19)(H,20,21)(H,22,23). The normalized spacial score (nSPS) is 12.4. The average Bonchev–Trinajstić information content (AvgIpc) is 2.48. The third-order valence-electron chi connectivity index (χ3n) is 2.63. The smallest absolute Gasteiger partial charge is 0.322 e. The molecule has 0 fully saturated rings. The minimum absolute atomic E-state index is 0.594. The van der Waals surface area contributed by atoms with Crippen LogP contribution in [0.2, 0.25) is 0 Å². The molecule has 0 saturated carbocycles. The monoisotopic (exact) mass is 361 g/mol. The van der Waals surface area contributed by atoms with E-state index in [4.69, 9.17) is 21.7 Å². The predicted octanol–water partition coefficient (Wildman–Crippen LogP) is -4.53. The SMILES string of the molecule is NC(=O)CC(NC(=O)CNC(=O)C(N)CC(=O)O)C(=O)NCC(=O)O. The summed E-state index contributed by atoms with van der Waals surface area (Å²) in [5.74, 6) is -6.32. The van der Waals surface area contributed by atoms with Crippen LogP contribution in [0.1, 0.15) is 12.8 Å². The molecule has 4 amide bonds. The van der Waals surface area contributed by atoms with Crippen LogP contribution in [0.25, 0.3) is 0 Å². The van der Waals surface area contributed by atoms with Gasteiger partial charge in [0.2, 0.25) is 23.6 Å². The summed E-state index contributed by atoms with van der Waals surface area (Å²) in [7, 11) is 0. The molecular weight excluding hydrogens is 342 g/mol. The molecule has 13 heteroatoms. The largest absolute Gasteiger partial charge is 0.481 e. The van der Waals surface area contributed by atoms with E-state index in [0.29, 0.717) is 0 Å². The number of hydrogen-bond acceptors (Lipinski definition) is 7. The lowest BCUT2D eigenvalue weighted by Crippen LogP contribution is -2.52. The summed E-state index contributed by atoms with van der Waals surface area (Å²) in [6.45, 7) is -1.38. The Hall–Kier alpha value is -3.22. The second-order valence-electron chi connectivity index (χ2n) is 4.82. The molecule has 0 aliphatic rings. The highest BCUT2D eigenvalue weighted by atomic mass is 16.4. The Labute approximate surface area is 141 Å². The fraction of sp³-hybridized carbons (Fsp3) is 0.500. The topological polar surface area (TPSA) is 231 Å². The second-order valence-corrected chi connectivity index (χ2v) is 4.82. The van der Waals surface area contributed by atoms with Crippen LogP contribution in [0.3, 0.4) is 0 Å². The molecule has 140 valence electrons. The third kappa shape index (κ3) is 10.2. The number of amides is 4. The maximum Gasteiger partial charge on any atom is 0.322 e. The molecule has 2 unspecified atom stereocenters. The number of carbonyl (C=O) groups is 6. The van der Waals surface area contributed by atoms with E-state index >= 15 is 0 Å². The highest BCUT2D eigenvalue weighted by Crippen LogP contribution is 1.93. The number of rotatable bonds is 11. The molecule has 0 radical (unpaired) electrons. The molecule has 0 bridgehead atoms. The van der Waals surface area contributed by atoms with E-state index in [9.17, 15) is 28.8 Å². The fourth-order valence-corrected chi connectivity index (χ4v) is 1.52. The van der Waals surface area contributed by atoms with Gasteiger partial charge in [-0.3, -0.25) is 28.8 Å². The van der Waals surface area contributed by atoms with Crippen molar-refractivity contribution in [3.05, 3.63) is 0 Å². The van der Waals surface area contributed by atoms with Gasteiger partial charge in [-0.2, -0.15) is 0 Å². The van der Waals surface area contributed by atoms with E-state index in [1.807, 2.05) is 5.32 Å². The van der Waals surface area contributed by atoms with Crippen molar-refractivity contribution >= 4 is 35.6 Å². The van der Waals surface area contributed by atoms with E-state index in [-0.39, 0.29) is 0 Å². The number of nitrogens with one attached hydrogen (secondary N) is 3. The average molecular weight is 361 g/mol. The van der Waals surface area contributed by atoms with Crippen molar-refractivity contribution in [3.63, 3.8) is 0 Å². The van der Waals surface area contributed by atoms with Crippen LogP contribution in [0.15, 0.2) is 0 Å². The number of primary amides is 1. The Morgan fingerprint density at radius 1 is 0.840 bits per heavy atom. The predicted molar refractivity (Wildman–Crippen MR) is 79.6 cm³/mol. The van der Waals surface area contributed by atoms with Gasteiger partial charge in [0, 0.05) is 0 Å². The van der Waals surface area contributed by atoms with E-state index in [0.717, 1.165) is 0 Å². The molecule has 0 rings (SSSR count). The van der Waals surface area contributed by atoms with E-state index in [1.54, 1.807) is 0 Å². The first-order valence-corrected chi connectivity index (χ1v) is 6.85. The minimum Gasteiger partial charge on any atom is -0.481 e. The number of hydrogen-bond donors (Lipinski definition) is 7. The number of nitrogens with two attached hydrogens (primary N) is 2. The quantitative estimate of drug-likeness (QED) is 0.187. The summed E-state index contributed by atoms with van der Waals surface area (Å²) in [4.78, 5) is 66.6. The lowest BCUT2D eigenvalue weighted by atomic mass is 10.1. The zero-order valence-electron chi connectivity index (χ0n) is 13.0. The summed E-state index contributed by atoms with van der Waals surface area (Å²) < 4.78 is 0. The molecule has 0 aliphatic heterocycles. The number of carbonyl (C=O) groups excluding carboxylic acids is 4. The number of carboxylic acids is 2. The van der Waals surface area contributed by atoms with Crippen molar-refractivity contribution in [2.75, 3.05) is 13.1 Å². The molecule has 0 aromatic heterocycles. The van der Waals surface area contributed by atoms with Crippen LogP contribution in [0, 0.1) is 0 Å². The van der Waals surface area contributed by atoms with Gasteiger partial charge in [-0.25, -0.2) is 0 Å². The van der Waals surface area contributed by atoms with Crippen LogP contribution in [0.5, 0.6) is 0 Å². The Balaban J connectivity index is 4.58. The summed E-state index contributed by atoms with van der Waals surface area (Å²) in [5, 5.41) is 23.1. The van der Waals surface area contributed by atoms with Crippen molar-refractivity contribution in [3.8, 4) is 0 Å². The van der Waals surface area contributed by atoms with Gasteiger partial charge in [-0.15, -0.1) is 0 Å². The van der Waals surface area contributed by atoms with Crippen molar-refractivity contribution in [1.82, 2.24) is 16.0 Å². The molecule has 25 heavy (non-hydrogen) atoms. The first-order valence-electron chi connectivity index (χ1n) is 6.85. The zero-order valence-corrected chi connectivity index (χ0v) is 13.0. The van der Waals surface area contributed by atoms with Crippen molar-refractivity contribution in [2.45, 2.75) is 24.9 Å². The molecule has 0 aliphatic carbocycles. The van der Waals surface area contributed by atoms with Gasteiger partial charge in [-0.05, 0) is 0 Å². The van der Waals surface area contributed by atoms with Crippen LogP contribution < -0.4 is 27.4 Å². The molecule has 0 saturated heterocycles. The summed E-state index contributed by atoms with van der Waals surface area (Å²) >= 11 is 0. The number of carboxylic acid groups (broad SMARTS) is 2. The molecule has 13 nitrogen and oxygen atoms in total. The van der Waals surface area contributed by atoms with Crippen molar-refractivity contribution < 1.29 is 39.0 Å². The molecular formula is C12H19N5O8. The van der Waals surface area contributed by atoms with Gasteiger partial charge in [-0.1, -0.05) is 0 Å². The first-order chi connectivity index (χ1) is 11.5. The fourth-order valence-electron chi connectivity index (χ4n) is 1.52. The summed E-state index contributed by atoms with van der Waals surface area (Å²) in [5.41, 5.74) is 10.2. The molecule has 0 spiro atoms. The van der Waals surface area contributed by atoms with Gasteiger partial charge in [0.05, 0.1) is 25.4 Å². The van der Waals surface area contributed by atoms with E-state index in [2.05, 4.69) is 10.6 Å². The van der Waals surface area contributed by atoms with Crippen LogP contribution in [-0.4, -0.2) is 71.0 Å². The van der Waals surface area contributed by atoms with Gasteiger partial charge in [0.1, 0.15) is 12.6 Å². The van der Waals surface area contributed by atoms with Gasteiger partial charge < -0.3 is 37.6 Å². The van der Waals surface area contributed by atoms with Crippen LogP contribution in [0.4, 0.5) is 0 Å². The van der Waals surface area contributed by atoms with Crippen LogP contribution >= 0.6 is 0 Å². The molecule has 2 atom stereocenters. The summed E-state index contributed by atoms with van der Waals surface area (Å²) in [6, 6.07) is -2.81. The number of aliphatic carboxylic acids is 2.